The molecule has 6 heteroatoms. The highest BCUT2D eigenvalue weighted by Gasteiger charge is 2.33. The summed E-state index contributed by atoms with van der Waals surface area (Å²) in [5.41, 5.74) is -1.33. The quantitative estimate of drug-likeness (QED) is 0.472. The van der Waals surface area contributed by atoms with Crippen LogP contribution in [0.2, 0.25) is 0 Å². The molecule has 19 heavy (non-hydrogen) atoms. The Labute approximate surface area is 105 Å². The second-order valence-electron chi connectivity index (χ2n) is 3.76. The van der Waals surface area contributed by atoms with Gasteiger partial charge in [0.2, 0.25) is 5.95 Å². The molecule has 0 bridgehead atoms. The van der Waals surface area contributed by atoms with Gasteiger partial charge in [-0.3, -0.25) is 4.79 Å². The Bertz CT molecular complexity index is 622. The van der Waals surface area contributed by atoms with Crippen LogP contribution in [0.25, 0.3) is 11.1 Å². The summed E-state index contributed by atoms with van der Waals surface area (Å²) in [7, 11) is 0. The summed E-state index contributed by atoms with van der Waals surface area (Å²) < 4.78 is 51.5. The molecule has 0 aliphatic carbocycles. The fraction of sp³-hybridized carbons (Fsp3) is 0.0769. The van der Waals surface area contributed by atoms with E-state index in [0.29, 0.717) is 6.29 Å². The molecule has 1 heterocycles. The highest BCUT2D eigenvalue weighted by Crippen LogP contribution is 2.37. The normalized spacial score (nSPS) is 11.4. The maximum absolute atomic E-state index is 12.9. The molecule has 98 valence electrons. The van der Waals surface area contributed by atoms with Gasteiger partial charge in [0.1, 0.15) is 0 Å². The van der Waals surface area contributed by atoms with Crippen molar-refractivity contribution < 1.29 is 22.4 Å². The third-order valence-corrected chi connectivity index (χ3v) is 2.55. The monoisotopic (exact) mass is 269 g/mol. The van der Waals surface area contributed by atoms with Crippen LogP contribution in [0.1, 0.15) is 15.9 Å². The predicted octanol–water partition coefficient (Wildman–Crippen LogP) is 3.72. The molecule has 0 aliphatic heterocycles. The average Bonchev–Trinajstić information content (AvgIpc) is 2.37. The van der Waals surface area contributed by atoms with Gasteiger partial charge in [0.05, 0.1) is 5.56 Å². The van der Waals surface area contributed by atoms with E-state index in [4.69, 9.17) is 0 Å². The molecule has 2 rings (SSSR count). The van der Waals surface area contributed by atoms with Crippen molar-refractivity contribution in [1.82, 2.24) is 4.98 Å². The Morgan fingerprint density at radius 1 is 1.11 bits per heavy atom. The Morgan fingerprint density at radius 2 is 1.79 bits per heavy atom. The van der Waals surface area contributed by atoms with E-state index in [9.17, 15) is 22.4 Å². The van der Waals surface area contributed by atoms with Gasteiger partial charge in [-0.25, -0.2) is 4.98 Å². The summed E-state index contributed by atoms with van der Waals surface area (Å²) >= 11 is 0. The Morgan fingerprint density at radius 3 is 2.42 bits per heavy atom. The number of hydrogen-bond acceptors (Lipinski definition) is 2. The molecule has 0 N–H and O–H groups in total. The van der Waals surface area contributed by atoms with E-state index < -0.39 is 17.7 Å². The fourth-order valence-electron chi connectivity index (χ4n) is 1.73. The molecular weight excluding hydrogens is 262 g/mol. The Hall–Kier alpha value is -2.24. The van der Waals surface area contributed by atoms with E-state index in [1.165, 1.54) is 18.2 Å². The smallest absolute Gasteiger partial charge is 0.298 e. The number of benzene rings is 1. The van der Waals surface area contributed by atoms with Gasteiger partial charge in [-0.1, -0.05) is 18.2 Å². The molecule has 0 amide bonds. The number of alkyl halides is 3. The van der Waals surface area contributed by atoms with Crippen molar-refractivity contribution in [2.45, 2.75) is 6.18 Å². The van der Waals surface area contributed by atoms with E-state index in [-0.39, 0.29) is 16.7 Å². The van der Waals surface area contributed by atoms with Crippen molar-refractivity contribution in [1.29, 1.82) is 0 Å². The summed E-state index contributed by atoms with van der Waals surface area (Å²) in [6, 6.07) is 5.56. The van der Waals surface area contributed by atoms with Crippen LogP contribution in [0.5, 0.6) is 0 Å². The lowest BCUT2D eigenvalue weighted by Crippen LogP contribution is -2.07. The van der Waals surface area contributed by atoms with Gasteiger partial charge in [0, 0.05) is 23.4 Å². The van der Waals surface area contributed by atoms with Gasteiger partial charge in [0.25, 0.3) is 0 Å². The van der Waals surface area contributed by atoms with Crippen molar-refractivity contribution in [3.63, 3.8) is 0 Å². The number of carbonyl (C=O) groups excluding carboxylic acids is 1. The summed E-state index contributed by atoms with van der Waals surface area (Å²) in [5.74, 6) is -0.921. The van der Waals surface area contributed by atoms with Gasteiger partial charge in [-0.15, -0.1) is 0 Å². The molecule has 1 aromatic heterocycles. The molecule has 0 radical (unpaired) electrons. The van der Waals surface area contributed by atoms with E-state index in [1.54, 1.807) is 0 Å². The molecule has 2 aromatic rings. The van der Waals surface area contributed by atoms with Gasteiger partial charge < -0.3 is 0 Å². The lowest BCUT2D eigenvalue weighted by Gasteiger charge is -2.13. The molecule has 0 saturated carbocycles. The summed E-state index contributed by atoms with van der Waals surface area (Å²) in [4.78, 5) is 14.1. The number of nitrogens with zero attached hydrogens (tertiary/aromatic N) is 1. The highest BCUT2D eigenvalue weighted by atomic mass is 19.4. The maximum atomic E-state index is 12.9. The largest absolute Gasteiger partial charge is 0.417 e. The number of pyridine rings is 1. The first-order valence-corrected chi connectivity index (χ1v) is 5.21. The Kier molecular flexibility index (Phi) is 3.33. The minimum atomic E-state index is -4.56. The SMILES string of the molecule is O=Cc1cc(F)ncc1-c1ccccc1C(F)(F)F. The number of hydrogen-bond donors (Lipinski definition) is 0. The molecule has 0 spiro atoms. The van der Waals surface area contributed by atoms with Gasteiger partial charge in [-0.2, -0.15) is 17.6 Å². The van der Waals surface area contributed by atoms with Gasteiger partial charge >= 0.3 is 6.18 Å². The second kappa shape index (κ2) is 4.79. The number of aromatic nitrogens is 1. The number of aldehydes is 1. The number of rotatable bonds is 2. The highest BCUT2D eigenvalue weighted by molar-refractivity contribution is 5.88. The van der Waals surface area contributed by atoms with Crippen LogP contribution in [0.3, 0.4) is 0 Å². The minimum absolute atomic E-state index is 0.0516. The topological polar surface area (TPSA) is 30.0 Å². The first-order valence-electron chi connectivity index (χ1n) is 5.21. The van der Waals surface area contributed by atoms with Crippen LogP contribution in [0.15, 0.2) is 36.5 Å². The summed E-state index contributed by atoms with van der Waals surface area (Å²) in [5, 5.41) is 0. The van der Waals surface area contributed by atoms with Crippen molar-refractivity contribution in [3.8, 4) is 11.1 Å². The predicted molar refractivity (Wildman–Crippen MR) is 60.0 cm³/mol. The molecule has 0 aliphatic rings. The fourth-order valence-corrected chi connectivity index (χ4v) is 1.73. The van der Waals surface area contributed by atoms with E-state index >= 15 is 0 Å². The van der Waals surface area contributed by atoms with Crippen molar-refractivity contribution in [2.24, 2.45) is 0 Å². The second-order valence-corrected chi connectivity index (χ2v) is 3.76. The zero-order valence-corrected chi connectivity index (χ0v) is 9.41. The van der Waals surface area contributed by atoms with E-state index in [1.807, 2.05) is 0 Å². The molecule has 0 fully saturated rings. The van der Waals surface area contributed by atoms with Crippen molar-refractivity contribution in [3.05, 3.63) is 53.6 Å². The van der Waals surface area contributed by atoms with Crippen LogP contribution >= 0.6 is 0 Å². The van der Waals surface area contributed by atoms with Crippen LogP contribution in [0, 0.1) is 5.95 Å². The zero-order chi connectivity index (χ0) is 14.0. The first-order chi connectivity index (χ1) is 8.93. The van der Waals surface area contributed by atoms with Gasteiger partial charge in [0.15, 0.2) is 6.29 Å². The maximum Gasteiger partial charge on any atom is 0.417 e. The molecule has 2 nitrogen and oxygen atoms in total. The number of carbonyl (C=O) groups is 1. The van der Waals surface area contributed by atoms with Crippen LogP contribution < -0.4 is 0 Å². The molecular formula is C13H7F4NO. The van der Waals surface area contributed by atoms with E-state index in [2.05, 4.69) is 4.98 Å². The lowest BCUT2D eigenvalue weighted by molar-refractivity contribution is -0.137. The van der Waals surface area contributed by atoms with Crippen LogP contribution in [-0.4, -0.2) is 11.3 Å². The van der Waals surface area contributed by atoms with E-state index in [0.717, 1.165) is 18.3 Å². The van der Waals surface area contributed by atoms with Crippen molar-refractivity contribution in [2.75, 3.05) is 0 Å². The summed E-state index contributed by atoms with van der Waals surface area (Å²) in [6.07, 6.45) is -3.35. The molecule has 0 unspecified atom stereocenters. The standard InChI is InChI=1S/C13H7F4NO/c14-12-5-8(7-19)10(6-18-12)9-3-1-2-4-11(9)13(15,16)17/h1-7H. The molecule has 1 aromatic carbocycles. The minimum Gasteiger partial charge on any atom is -0.298 e. The third-order valence-electron chi connectivity index (χ3n) is 2.55. The lowest BCUT2D eigenvalue weighted by atomic mass is 9.97. The van der Waals surface area contributed by atoms with Crippen LogP contribution in [0.4, 0.5) is 17.6 Å². The Balaban J connectivity index is 2.69. The molecule has 0 atom stereocenters. The van der Waals surface area contributed by atoms with Crippen LogP contribution in [-0.2, 0) is 6.18 Å². The molecule has 0 saturated heterocycles. The van der Waals surface area contributed by atoms with Gasteiger partial charge in [-0.05, 0) is 11.6 Å². The summed E-state index contributed by atoms with van der Waals surface area (Å²) in [6.45, 7) is 0. The average molecular weight is 269 g/mol. The number of halogens is 4. The third kappa shape index (κ3) is 2.62. The zero-order valence-electron chi connectivity index (χ0n) is 9.41. The van der Waals surface area contributed by atoms with Crippen molar-refractivity contribution >= 4 is 6.29 Å². The first kappa shape index (κ1) is 13.2.